The van der Waals surface area contributed by atoms with E-state index in [0.717, 1.165) is 38.2 Å². The molecular formula is C13H20N4. The van der Waals surface area contributed by atoms with E-state index in [1.807, 2.05) is 12.3 Å². The van der Waals surface area contributed by atoms with E-state index in [2.05, 4.69) is 22.9 Å². The van der Waals surface area contributed by atoms with Crippen LogP contribution in [0, 0.1) is 18.3 Å². The molecule has 1 fully saturated rings. The summed E-state index contributed by atoms with van der Waals surface area (Å²) in [5.74, 6) is 0.556. The molecule has 0 radical (unpaired) electrons. The predicted octanol–water partition coefficient (Wildman–Crippen LogP) is 1.54. The van der Waals surface area contributed by atoms with Crippen LogP contribution in [0.15, 0.2) is 18.3 Å². The number of rotatable bonds is 3. The third-order valence-electron chi connectivity index (χ3n) is 3.44. The van der Waals surface area contributed by atoms with Gasteiger partial charge in [0.1, 0.15) is 0 Å². The van der Waals surface area contributed by atoms with Crippen molar-refractivity contribution in [3.8, 4) is 0 Å². The van der Waals surface area contributed by atoms with Crippen molar-refractivity contribution in [1.29, 1.82) is 5.41 Å². The summed E-state index contributed by atoms with van der Waals surface area (Å²) in [6, 6.07) is 4.06. The molecule has 92 valence electrons. The summed E-state index contributed by atoms with van der Waals surface area (Å²) in [4.78, 5) is 6.77. The first kappa shape index (κ1) is 12.0. The van der Waals surface area contributed by atoms with Crippen LogP contribution in [-0.2, 0) is 6.54 Å². The number of nitrogens with zero attached hydrogens (tertiary/aromatic N) is 2. The summed E-state index contributed by atoms with van der Waals surface area (Å²) < 4.78 is 0. The number of amidine groups is 1. The molecule has 4 heteroatoms. The Morgan fingerprint density at radius 3 is 3.18 bits per heavy atom. The molecule has 1 unspecified atom stereocenters. The van der Waals surface area contributed by atoms with Crippen LogP contribution in [0.1, 0.15) is 24.1 Å². The van der Waals surface area contributed by atoms with Gasteiger partial charge >= 0.3 is 0 Å². The summed E-state index contributed by atoms with van der Waals surface area (Å²) in [5, 5.41) is 7.54. The molecule has 1 saturated heterocycles. The summed E-state index contributed by atoms with van der Waals surface area (Å²) >= 11 is 0. The van der Waals surface area contributed by atoms with Gasteiger partial charge in [0.15, 0.2) is 0 Å². The van der Waals surface area contributed by atoms with Crippen LogP contribution in [0.25, 0.3) is 0 Å². The van der Waals surface area contributed by atoms with Crippen molar-refractivity contribution in [3.05, 3.63) is 29.6 Å². The van der Waals surface area contributed by atoms with Crippen LogP contribution in [-0.4, -0.2) is 28.8 Å². The van der Waals surface area contributed by atoms with Crippen LogP contribution in [0.3, 0.4) is 0 Å². The molecule has 0 saturated carbocycles. The average molecular weight is 232 g/mol. The molecule has 1 aliphatic rings. The number of pyridine rings is 1. The number of aromatic nitrogens is 1. The second-order valence-electron chi connectivity index (χ2n) is 4.80. The Bertz CT molecular complexity index is 402. The van der Waals surface area contributed by atoms with E-state index < -0.39 is 0 Å². The molecule has 0 bridgehead atoms. The Morgan fingerprint density at radius 2 is 2.47 bits per heavy atom. The predicted molar refractivity (Wildman–Crippen MR) is 68.9 cm³/mol. The number of nitrogens with two attached hydrogens (primary N) is 1. The van der Waals surface area contributed by atoms with Gasteiger partial charge in [0.25, 0.3) is 0 Å². The van der Waals surface area contributed by atoms with Gasteiger partial charge in [-0.25, -0.2) is 0 Å². The first-order valence-electron chi connectivity index (χ1n) is 6.13. The van der Waals surface area contributed by atoms with Crippen molar-refractivity contribution in [2.75, 3.05) is 13.1 Å². The van der Waals surface area contributed by atoms with Gasteiger partial charge in [0.05, 0.1) is 11.5 Å². The molecule has 1 aromatic heterocycles. The lowest BCUT2D eigenvalue weighted by atomic mass is 9.97. The Balaban J connectivity index is 1.99. The first-order valence-corrected chi connectivity index (χ1v) is 6.13. The van der Waals surface area contributed by atoms with Gasteiger partial charge in [0, 0.05) is 25.2 Å². The third kappa shape index (κ3) is 3.03. The van der Waals surface area contributed by atoms with Gasteiger partial charge in [-0.15, -0.1) is 0 Å². The van der Waals surface area contributed by atoms with Crippen molar-refractivity contribution < 1.29 is 0 Å². The Kier molecular flexibility index (Phi) is 3.74. The highest BCUT2D eigenvalue weighted by molar-refractivity contribution is 5.79. The van der Waals surface area contributed by atoms with Crippen LogP contribution in [0.4, 0.5) is 0 Å². The van der Waals surface area contributed by atoms with Crippen molar-refractivity contribution in [1.82, 2.24) is 9.88 Å². The highest BCUT2D eigenvalue weighted by Crippen LogP contribution is 2.18. The summed E-state index contributed by atoms with van der Waals surface area (Å²) in [6.07, 6.45) is 4.01. The van der Waals surface area contributed by atoms with E-state index in [9.17, 15) is 0 Å². The molecule has 1 aromatic rings. The van der Waals surface area contributed by atoms with Gasteiger partial charge in [-0.05, 0) is 37.9 Å². The number of nitrogens with one attached hydrogen (secondary N) is 1. The standard InChI is InChI=1S/C13H20N4/c1-10-4-2-6-16-12(10)9-17-7-3-5-11(8-17)13(14)15/h2,4,6,11H,3,5,7-9H2,1H3,(H3,14,15). The second-order valence-corrected chi connectivity index (χ2v) is 4.80. The average Bonchev–Trinajstić information content (AvgIpc) is 2.32. The minimum atomic E-state index is 0.229. The zero-order valence-corrected chi connectivity index (χ0v) is 10.3. The molecule has 0 amide bonds. The molecule has 1 atom stereocenters. The van der Waals surface area contributed by atoms with E-state index in [1.54, 1.807) is 0 Å². The van der Waals surface area contributed by atoms with Gasteiger partial charge < -0.3 is 5.73 Å². The number of aryl methyl sites for hydroxylation is 1. The molecule has 3 N–H and O–H groups in total. The molecule has 0 aliphatic carbocycles. The molecule has 1 aliphatic heterocycles. The van der Waals surface area contributed by atoms with E-state index in [-0.39, 0.29) is 5.92 Å². The van der Waals surface area contributed by atoms with Gasteiger partial charge in [-0.3, -0.25) is 15.3 Å². The third-order valence-corrected chi connectivity index (χ3v) is 3.44. The quantitative estimate of drug-likeness (QED) is 0.613. The molecule has 2 rings (SSSR count). The van der Waals surface area contributed by atoms with Crippen molar-refractivity contribution in [2.45, 2.75) is 26.3 Å². The zero-order valence-electron chi connectivity index (χ0n) is 10.3. The normalized spacial score (nSPS) is 21.4. The largest absolute Gasteiger partial charge is 0.387 e. The summed E-state index contributed by atoms with van der Waals surface area (Å²) in [7, 11) is 0. The lowest BCUT2D eigenvalue weighted by Crippen LogP contribution is -2.40. The van der Waals surface area contributed by atoms with Gasteiger partial charge in [-0.2, -0.15) is 0 Å². The first-order chi connectivity index (χ1) is 8.16. The van der Waals surface area contributed by atoms with Crippen molar-refractivity contribution >= 4 is 5.84 Å². The van der Waals surface area contributed by atoms with Crippen molar-refractivity contribution in [3.63, 3.8) is 0 Å². The number of likely N-dealkylation sites (tertiary alicyclic amines) is 1. The van der Waals surface area contributed by atoms with E-state index in [4.69, 9.17) is 11.1 Å². The molecule has 0 spiro atoms. The van der Waals surface area contributed by atoms with E-state index in [0.29, 0.717) is 5.84 Å². The fourth-order valence-electron chi connectivity index (χ4n) is 2.35. The van der Waals surface area contributed by atoms with Gasteiger partial charge in [0.2, 0.25) is 0 Å². The maximum atomic E-state index is 7.54. The maximum absolute atomic E-state index is 7.54. The molecular weight excluding hydrogens is 212 g/mol. The Hall–Kier alpha value is -1.42. The van der Waals surface area contributed by atoms with Crippen LogP contribution < -0.4 is 5.73 Å². The summed E-state index contributed by atoms with van der Waals surface area (Å²) in [6.45, 7) is 4.94. The lowest BCUT2D eigenvalue weighted by Gasteiger charge is -2.32. The van der Waals surface area contributed by atoms with Gasteiger partial charge in [-0.1, -0.05) is 6.07 Å². The smallest absolute Gasteiger partial charge is 0.0949 e. The number of hydrogen-bond acceptors (Lipinski definition) is 3. The van der Waals surface area contributed by atoms with Crippen LogP contribution >= 0.6 is 0 Å². The number of hydrogen-bond donors (Lipinski definition) is 2. The van der Waals surface area contributed by atoms with E-state index >= 15 is 0 Å². The lowest BCUT2D eigenvalue weighted by molar-refractivity contribution is 0.193. The zero-order chi connectivity index (χ0) is 12.3. The highest BCUT2D eigenvalue weighted by atomic mass is 15.1. The Morgan fingerprint density at radius 1 is 1.65 bits per heavy atom. The second kappa shape index (κ2) is 5.27. The minimum Gasteiger partial charge on any atom is -0.387 e. The molecule has 2 heterocycles. The number of piperidine rings is 1. The summed E-state index contributed by atoms with van der Waals surface area (Å²) in [5.41, 5.74) is 7.96. The monoisotopic (exact) mass is 232 g/mol. The minimum absolute atomic E-state index is 0.229. The molecule has 0 aromatic carbocycles. The molecule has 4 nitrogen and oxygen atoms in total. The fraction of sp³-hybridized carbons (Fsp3) is 0.538. The fourth-order valence-corrected chi connectivity index (χ4v) is 2.35. The van der Waals surface area contributed by atoms with Crippen molar-refractivity contribution in [2.24, 2.45) is 11.7 Å². The van der Waals surface area contributed by atoms with Crippen LogP contribution in [0.5, 0.6) is 0 Å². The maximum Gasteiger partial charge on any atom is 0.0949 e. The highest BCUT2D eigenvalue weighted by Gasteiger charge is 2.22. The Labute approximate surface area is 102 Å². The van der Waals surface area contributed by atoms with E-state index in [1.165, 1.54) is 5.56 Å². The molecule has 17 heavy (non-hydrogen) atoms. The SMILES string of the molecule is Cc1cccnc1CN1CCCC(C(=N)N)C1. The van der Waals surface area contributed by atoms with Crippen LogP contribution in [0.2, 0.25) is 0 Å². The topological polar surface area (TPSA) is 66.0 Å².